The molecule has 0 radical (unpaired) electrons. The summed E-state index contributed by atoms with van der Waals surface area (Å²) in [5.74, 6) is -2.62. The zero-order chi connectivity index (χ0) is 52.9. The van der Waals surface area contributed by atoms with Crippen molar-refractivity contribution in [1.82, 2.24) is 24.8 Å². The van der Waals surface area contributed by atoms with Crippen LogP contribution in [0.2, 0.25) is 0 Å². The van der Waals surface area contributed by atoms with Crippen molar-refractivity contribution in [3.05, 3.63) is 51.8 Å². The maximum absolute atomic E-state index is 14.5. The summed E-state index contributed by atoms with van der Waals surface area (Å²) in [5, 5.41) is 79.6. The zero-order valence-corrected chi connectivity index (χ0v) is 44.7. The second-order valence-electron chi connectivity index (χ2n) is 21.6. The van der Waals surface area contributed by atoms with Gasteiger partial charge in [-0.3, -0.25) is 14.9 Å². The Hall–Kier alpha value is -2.96. The van der Waals surface area contributed by atoms with Gasteiger partial charge in [-0.25, -0.2) is 4.68 Å². The number of cyclic esters (lactones) is 1. The first-order chi connectivity index (χ1) is 33.2. The maximum atomic E-state index is 14.5. The molecule has 1 aromatic heterocycles. The number of halogens is 1. The first-order valence-corrected chi connectivity index (χ1v) is 25.7. The SMILES string of the molecule is CC[C@H]1OC(=O)[C@H](C)[C@@H](O[C@H]2C[C@@](C)(OC)[C@@H](O)[C@H](C)O2)[C@H](C)[C@@H](O[C@@H]2O[C@H](C)C[C@H](N(C)CCc3cn([C@H](CCl)Cc4ccc([N+](=O)[O-])cc4)nn3)[C@H]2O)[C@](C)(O)C[C@@H](C)CN(C)[C@H](C)[C@@H](O)[C@]1(C)O. The maximum Gasteiger partial charge on any atom is 0.311 e. The van der Waals surface area contributed by atoms with Crippen LogP contribution >= 0.6 is 11.6 Å². The van der Waals surface area contributed by atoms with Crippen LogP contribution in [-0.4, -0.2) is 192 Å². The van der Waals surface area contributed by atoms with E-state index >= 15 is 0 Å². The van der Waals surface area contributed by atoms with Crippen molar-refractivity contribution in [1.29, 1.82) is 0 Å². The van der Waals surface area contributed by atoms with Crippen LogP contribution in [-0.2, 0) is 46.1 Å². The fraction of sp³-hybridized carbons (Fsp3) is 0.820. The number of alkyl halides is 1. The molecular formula is C50H83ClN6O14. The Labute approximate surface area is 424 Å². The van der Waals surface area contributed by atoms with Crippen LogP contribution in [0.1, 0.15) is 112 Å². The van der Waals surface area contributed by atoms with Crippen LogP contribution in [0.4, 0.5) is 5.69 Å². The topological polar surface area (TPSA) is 254 Å². The van der Waals surface area contributed by atoms with Crippen LogP contribution in [0, 0.1) is 27.9 Å². The van der Waals surface area contributed by atoms with Gasteiger partial charge in [-0.2, -0.15) is 0 Å². The van der Waals surface area contributed by atoms with E-state index in [4.69, 9.17) is 40.0 Å². The fourth-order valence-electron chi connectivity index (χ4n) is 11.0. The van der Waals surface area contributed by atoms with Gasteiger partial charge in [0.05, 0.1) is 58.2 Å². The number of ether oxygens (including phenoxy) is 6. The lowest BCUT2D eigenvalue weighted by molar-refractivity contribution is -0.384. The molecule has 5 N–H and O–H groups in total. The summed E-state index contributed by atoms with van der Waals surface area (Å²) in [4.78, 5) is 29.1. The number of carbonyl (C=O) groups is 1. The summed E-state index contributed by atoms with van der Waals surface area (Å²) in [7, 11) is 5.22. The number of aliphatic hydroxyl groups is 5. The van der Waals surface area contributed by atoms with Crippen molar-refractivity contribution in [2.45, 2.75) is 204 Å². The van der Waals surface area contributed by atoms with Gasteiger partial charge in [0, 0.05) is 75.3 Å². The van der Waals surface area contributed by atoms with E-state index in [1.54, 1.807) is 65.3 Å². The Kier molecular flexibility index (Phi) is 20.4. The molecule has 0 unspecified atom stereocenters. The molecule has 3 fully saturated rings. The fourth-order valence-corrected chi connectivity index (χ4v) is 11.2. The van der Waals surface area contributed by atoms with Crippen molar-refractivity contribution >= 4 is 23.3 Å². The van der Waals surface area contributed by atoms with E-state index < -0.39 is 113 Å². The summed E-state index contributed by atoms with van der Waals surface area (Å²) in [5.41, 5.74) is -3.00. The van der Waals surface area contributed by atoms with Crippen molar-refractivity contribution in [2.75, 3.05) is 40.2 Å². The minimum absolute atomic E-state index is 0.00626. The third kappa shape index (κ3) is 14.1. The van der Waals surface area contributed by atoms with Crippen molar-refractivity contribution < 1.29 is 63.7 Å². The quantitative estimate of drug-likeness (QED) is 0.0731. The molecule has 0 bridgehead atoms. The molecule has 5 rings (SSSR count). The molecule has 20 nitrogen and oxygen atoms in total. The molecule has 0 spiro atoms. The normalized spacial score (nSPS) is 39.9. The smallest absolute Gasteiger partial charge is 0.311 e. The van der Waals surface area contributed by atoms with Crippen molar-refractivity contribution in [3.63, 3.8) is 0 Å². The van der Waals surface area contributed by atoms with E-state index in [1.165, 1.54) is 26.2 Å². The number of nitrogens with zero attached hydrogens (tertiary/aromatic N) is 6. The highest BCUT2D eigenvalue weighted by atomic mass is 35.5. The van der Waals surface area contributed by atoms with Gasteiger partial charge in [-0.1, -0.05) is 38.1 Å². The summed E-state index contributed by atoms with van der Waals surface area (Å²) in [6.07, 6.45) is -6.54. The molecule has 1 aromatic carbocycles. The second-order valence-corrected chi connectivity index (χ2v) is 21.9. The van der Waals surface area contributed by atoms with Crippen LogP contribution < -0.4 is 0 Å². The first kappa shape index (κ1) is 58.9. The number of non-ortho nitro benzene ring substituents is 1. The molecule has 0 saturated carbocycles. The van der Waals surface area contributed by atoms with Gasteiger partial charge in [0.15, 0.2) is 12.6 Å². The summed E-state index contributed by atoms with van der Waals surface area (Å²) < 4.78 is 39.9. The minimum Gasteiger partial charge on any atom is -0.459 e. The minimum atomic E-state index is -1.85. The number of aliphatic hydroxyl groups excluding tert-OH is 3. The molecule has 4 heterocycles. The molecule has 2 aromatic rings. The number of aromatic nitrogens is 3. The highest BCUT2D eigenvalue weighted by Crippen LogP contribution is 2.40. The Balaban J connectivity index is 1.43. The van der Waals surface area contributed by atoms with Crippen LogP contribution in [0.5, 0.6) is 0 Å². The van der Waals surface area contributed by atoms with Gasteiger partial charge >= 0.3 is 5.97 Å². The number of hydrogen-bond acceptors (Lipinski definition) is 18. The molecule has 404 valence electrons. The first-order valence-electron chi connectivity index (χ1n) is 25.1. The van der Waals surface area contributed by atoms with E-state index in [9.17, 15) is 40.4 Å². The van der Waals surface area contributed by atoms with Gasteiger partial charge in [-0.15, -0.1) is 16.7 Å². The lowest BCUT2D eigenvalue weighted by Gasteiger charge is -2.49. The van der Waals surface area contributed by atoms with Gasteiger partial charge in [-0.05, 0) is 99.7 Å². The molecule has 19 atom stereocenters. The summed E-state index contributed by atoms with van der Waals surface area (Å²) in [6, 6.07) is 5.03. The Morgan fingerprint density at radius 2 is 1.68 bits per heavy atom. The summed E-state index contributed by atoms with van der Waals surface area (Å²) in [6.45, 7) is 18.3. The number of hydrogen-bond donors (Lipinski definition) is 5. The number of methoxy groups -OCH3 is 1. The largest absolute Gasteiger partial charge is 0.459 e. The van der Waals surface area contributed by atoms with E-state index in [-0.39, 0.29) is 42.8 Å². The third-order valence-electron chi connectivity index (χ3n) is 15.6. The Morgan fingerprint density at radius 3 is 2.28 bits per heavy atom. The van der Waals surface area contributed by atoms with E-state index in [0.717, 1.165) is 5.56 Å². The highest BCUT2D eigenvalue weighted by Gasteiger charge is 2.53. The number of esters is 1. The van der Waals surface area contributed by atoms with Crippen LogP contribution in [0.3, 0.4) is 0 Å². The van der Waals surface area contributed by atoms with Crippen LogP contribution in [0.25, 0.3) is 0 Å². The summed E-state index contributed by atoms with van der Waals surface area (Å²) >= 11 is 6.37. The van der Waals surface area contributed by atoms with E-state index in [1.807, 2.05) is 43.9 Å². The molecule has 3 aliphatic heterocycles. The second kappa shape index (κ2) is 24.6. The predicted octanol–water partition coefficient (Wildman–Crippen LogP) is 4.04. The zero-order valence-electron chi connectivity index (χ0n) is 44.0. The molecule has 3 saturated heterocycles. The molecule has 21 heteroatoms. The Morgan fingerprint density at radius 1 is 1.01 bits per heavy atom. The molecule has 3 aliphatic rings. The number of carbonyl (C=O) groups excluding carboxylic acids is 1. The van der Waals surface area contributed by atoms with Gasteiger partial charge in [0.1, 0.15) is 30.0 Å². The number of nitro benzene ring substituents is 1. The van der Waals surface area contributed by atoms with Crippen molar-refractivity contribution in [3.8, 4) is 0 Å². The molecule has 71 heavy (non-hydrogen) atoms. The standard InChI is InChI=1S/C50H83ClN6O14/c1-14-39-50(10,63)43(59)32(6)55(12)26-28(2)23-48(8,62)45(30(4)42(31(5)46(61)69-39)70-40-24-49(9,66-13)44(60)33(7)68-40)71-47-41(58)38(21-29(3)67-47)54(11)20-19-35-27-56(53-52-35)37(25-51)22-34-15-17-36(18-16-34)57(64)65/h15-18,27-33,37-45,47,58-60,62-63H,14,19-26H2,1-13H3/t28-,29-,30+,31-,32-,33+,37+,38+,39-,40+,41-,42+,43-,44+,45-,47+,48-,49-,50-/m1/s1. The predicted molar refractivity (Wildman–Crippen MR) is 263 cm³/mol. The van der Waals surface area contributed by atoms with Gasteiger partial charge in [0.2, 0.25) is 0 Å². The third-order valence-corrected chi connectivity index (χ3v) is 15.9. The monoisotopic (exact) mass is 1030 g/mol. The number of nitro groups is 1. The number of rotatable bonds is 15. The number of likely N-dealkylation sites (N-methyl/N-ethyl adjacent to an activating group) is 2. The van der Waals surface area contributed by atoms with Gasteiger partial charge < -0.3 is 63.8 Å². The Bertz CT molecular complexity index is 2020. The highest BCUT2D eigenvalue weighted by molar-refractivity contribution is 6.18. The number of benzene rings is 1. The average Bonchev–Trinajstić information content (AvgIpc) is 3.79. The van der Waals surface area contributed by atoms with E-state index in [0.29, 0.717) is 38.0 Å². The molecule has 0 aliphatic carbocycles. The van der Waals surface area contributed by atoms with Gasteiger partial charge in [0.25, 0.3) is 5.69 Å². The molecule has 0 amide bonds. The molecular weight excluding hydrogens is 944 g/mol. The average molecular weight is 1030 g/mol. The van der Waals surface area contributed by atoms with Crippen LogP contribution in [0.15, 0.2) is 30.5 Å². The lowest BCUT2D eigenvalue weighted by Crippen LogP contribution is -2.61. The lowest BCUT2D eigenvalue weighted by atomic mass is 9.77. The van der Waals surface area contributed by atoms with E-state index in [2.05, 4.69) is 10.3 Å². The van der Waals surface area contributed by atoms with Crippen molar-refractivity contribution in [2.24, 2.45) is 17.8 Å².